The fourth-order valence-corrected chi connectivity index (χ4v) is 2.53. The van der Waals surface area contributed by atoms with Gasteiger partial charge in [0.2, 0.25) is 0 Å². The number of nitrogens with one attached hydrogen (secondary N) is 1. The summed E-state index contributed by atoms with van der Waals surface area (Å²) in [5.74, 6) is -0.266. The Kier molecular flexibility index (Phi) is 3.79. The number of thiazole rings is 1. The van der Waals surface area contributed by atoms with E-state index in [0.29, 0.717) is 5.69 Å². The van der Waals surface area contributed by atoms with Crippen LogP contribution in [0.4, 0.5) is 10.1 Å². The third-order valence-corrected chi connectivity index (χ3v) is 3.67. The summed E-state index contributed by atoms with van der Waals surface area (Å²) in [6.45, 7) is 3.93. The van der Waals surface area contributed by atoms with Crippen molar-refractivity contribution in [1.29, 1.82) is 0 Å². The van der Waals surface area contributed by atoms with E-state index in [-0.39, 0.29) is 11.9 Å². The molecule has 0 fully saturated rings. The van der Waals surface area contributed by atoms with Crippen LogP contribution in [0.15, 0.2) is 28.1 Å². The summed E-state index contributed by atoms with van der Waals surface area (Å²) < 4.78 is 14.4. The molecule has 0 radical (unpaired) electrons. The van der Waals surface area contributed by atoms with Crippen LogP contribution < -0.4 is 5.32 Å². The lowest BCUT2D eigenvalue weighted by molar-refractivity contribution is 0.626. The van der Waals surface area contributed by atoms with Gasteiger partial charge in [-0.25, -0.2) is 9.37 Å². The molecule has 2 rings (SSSR count). The van der Waals surface area contributed by atoms with Gasteiger partial charge in [-0.05, 0) is 32.0 Å². The summed E-state index contributed by atoms with van der Waals surface area (Å²) in [5, 5.41) is 6.12. The average Bonchev–Trinajstić information content (AvgIpc) is 2.69. The number of benzene rings is 1. The maximum absolute atomic E-state index is 13.6. The van der Waals surface area contributed by atoms with Crippen LogP contribution in [0.5, 0.6) is 0 Å². The van der Waals surface area contributed by atoms with Crippen LogP contribution in [0, 0.1) is 12.7 Å². The third kappa shape index (κ3) is 3.04. The van der Waals surface area contributed by atoms with Crippen LogP contribution in [-0.4, -0.2) is 4.98 Å². The monoisotopic (exact) mass is 314 g/mol. The highest BCUT2D eigenvalue weighted by molar-refractivity contribution is 9.10. The molecule has 1 unspecified atom stereocenters. The van der Waals surface area contributed by atoms with Crippen LogP contribution in [0.1, 0.15) is 23.7 Å². The minimum absolute atomic E-state index is 0.00405. The van der Waals surface area contributed by atoms with E-state index in [0.717, 1.165) is 15.2 Å². The third-order valence-electron chi connectivity index (χ3n) is 2.38. The van der Waals surface area contributed by atoms with Gasteiger partial charge < -0.3 is 5.32 Å². The number of anilines is 1. The second-order valence-corrected chi connectivity index (χ2v) is 5.76. The first-order valence-corrected chi connectivity index (χ1v) is 6.87. The van der Waals surface area contributed by atoms with Crippen molar-refractivity contribution in [2.45, 2.75) is 19.9 Å². The van der Waals surface area contributed by atoms with Gasteiger partial charge in [-0.1, -0.05) is 15.9 Å². The molecule has 1 aromatic carbocycles. The Hall–Kier alpha value is -0.940. The van der Waals surface area contributed by atoms with Crippen molar-refractivity contribution >= 4 is 33.0 Å². The largest absolute Gasteiger partial charge is 0.375 e. The number of hydrogen-bond donors (Lipinski definition) is 1. The first-order valence-electron chi connectivity index (χ1n) is 5.20. The molecule has 0 bridgehead atoms. The van der Waals surface area contributed by atoms with E-state index in [2.05, 4.69) is 26.2 Å². The van der Waals surface area contributed by atoms with E-state index >= 15 is 0 Å². The molecule has 1 heterocycles. The second kappa shape index (κ2) is 5.14. The van der Waals surface area contributed by atoms with Crippen molar-refractivity contribution < 1.29 is 4.39 Å². The van der Waals surface area contributed by atoms with E-state index in [1.54, 1.807) is 17.4 Å². The van der Waals surface area contributed by atoms with Crippen LogP contribution in [-0.2, 0) is 0 Å². The van der Waals surface area contributed by atoms with Gasteiger partial charge in [0, 0.05) is 9.85 Å². The molecule has 0 spiro atoms. The molecule has 5 heteroatoms. The second-order valence-electron chi connectivity index (χ2n) is 3.78. The molecule has 0 aliphatic rings. The molecule has 1 aromatic heterocycles. The summed E-state index contributed by atoms with van der Waals surface area (Å²) in [6.07, 6.45) is 0. The molecule has 0 saturated heterocycles. The predicted molar refractivity (Wildman–Crippen MR) is 73.0 cm³/mol. The number of aromatic nitrogens is 1. The highest BCUT2D eigenvalue weighted by Gasteiger charge is 2.11. The Balaban J connectivity index is 2.15. The normalized spacial score (nSPS) is 12.5. The molecule has 1 N–H and O–H groups in total. The summed E-state index contributed by atoms with van der Waals surface area (Å²) in [5.41, 5.74) is 1.43. The maximum atomic E-state index is 13.6. The van der Waals surface area contributed by atoms with E-state index in [1.165, 1.54) is 6.07 Å². The van der Waals surface area contributed by atoms with Gasteiger partial charge in [0.05, 0.1) is 22.4 Å². The van der Waals surface area contributed by atoms with Crippen molar-refractivity contribution in [3.8, 4) is 0 Å². The topological polar surface area (TPSA) is 24.9 Å². The molecular formula is C12H12BrFN2S. The van der Waals surface area contributed by atoms with Crippen LogP contribution in [0.25, 0.3) is 0 Å². The highest BCUT2D eigenvalue weighted by atomic mass is 79.9. The maximum Gasteiger partial charge on any atom is 0.147 e. The SMILES string of the molecule is Cc1nc(C(C)Nc2ccc(Br)cc2F)cs1. The molecule has 0 saturated carbocycles. The molecule has 0 aliphatic heterocycles. The van der Waals surface area contributed by atoms with Gasteiger partial charge in [-0.3, -0.25) is 0 Å². The molecule has 0 amide bonds. The van der Waals surface area contributed by atoms with E-state index in [1.807, 2.05) is 25.3 Å². The Morgan fingerprint density at radius 1 is 1.47 bits per heavy atom. The molecule has 90 valence electrons. The molecule has 2 aromatic rings. The van der Waals surface area contributed by atoms with Crippen LogP contribution in [0.2, 0.25) is 0 Å². The molecule has 17 heavy (non-hydrogen) atoms. The summed E-state index contributed by atoms with van der Waals surface area (Å²) >= 11 is 4.83. The van der Waals surface area contributed by atoms with Gasteiger partial charge in [-0.15, -0.1) is 11.3 Å². The fraction of sp³-hybridized carbons (Fsp3) is 0.250. The Morgan fingerprint density at radius 2 is 2.24 bits per heavy atom. The van der Waals surface area contributed by atoms with Gasteiger partial charge in [0.1, 0.15) is 5.82 Å². The quantitative estimate of drug-likeness (QED) is 0.900. The first kappa shape index (κ1) is 12.5. The van der Waals surface area contributed by atoms with Crippen LogP contribution in [0.3, 0.4) is 0 Å². The summed E-state index contributed by atoms with van der Waals surface area (Å²) in [4.78, 5) is 4.38. The zero-order valence-corrected chi connectivity index (χ0v) is 11.9. The van der Waals surface area contributed by atoms with E-state index in [9.17, 15) is 4.39 Å². The van der Waals surface area contributed by atoms with Gasteiger partial charge in [0.15, 0.2) is 0 Å². The first-order chi connectivity index (χ1) is 8.06. The summed E-state index contributed by atoms with van der Waals surface area (Å²) in [7, 11) is 0. The fourth-order valence-electron chi connectivity index (χ4n) is 1.49. The number of nitrogens with zero attached hydrogens (tertiary/aromatic N) is 1. The lowest BCUT2D eigenvalue weighted by Gasteiger charge is -2.13. The van der Waals surface area contributed by atoms with Gasteiger partial charge in [0.25, 0.3) is 0 Å². The Labute approximate surface area is 112 Å². The number of hydrogen-bond acceptors (Lipinski definition) is 3. The molecular weight excluding hydrogens is 303 g/mol. The van der Waals surface area contributed by atoms with Crippen molar-refractivity contribution in [2.24, 2.45) is 0 Å². The smallest absolute Gasteiger partial charge is 0.147 e. The standard InChI is InChI=1S/C12H12BrFN2S/c1-7(12-6-17-8(2)16-12)15-11-4-3-9(13)5-10(11)14/h3-7,15H,1-2H3. The minimum Gasteiger partial charge on any atom is -0.375 e. The van der Waals surface area contributed by atoms with Crippen LogP contribution >= 0.6 is 27.3 Å². The average molecular weight is 315 g/mol. The highest BCUT2D eigenvalue weighted by Crippen LogP contribution is 2.24. The number of rotatable bonds is 3. The predicted octanol–water partition coefficient (Wildman–Crippen LogP) is 4.53. The minimum atomic E-state index is -0.266. The summed E-state index contributed by atoms with van der Waals surface area (Å²) in [6, 6.07) is 4.97. The van der Waals surface area contributed by atoms with Gasteiger partial charge >= 0.3 is 0 Å². The molecule has 1 atom stereocenters. The number of aryl methyl sites for hydroxylation is 1. The zero-order valence-electron chi connectivity index (χ0n) is 9.50. The molecule has 2 nitrogen and oxygen atoms in total. The van der Waals surface area contributed by atoms with E-state index < -0.39 is 0 Å². The molecule has 0 aliphatic carbocycles. The van der Waals surface area contributed by atoms with Crippen molar-refractivity contribution in [2.75, 3.05) is 5.32 Å². The zero-order chi connectivity index (χ0) is 12.4. The van der Waals surface area contributed by atoms with Crippen molar-refractivity contribution in [3.63, 3.8) is 0 Å². The van der Waals surface area contributed by atoms with Crippen molar-refractivity contribution in [3.05, 3.63) is 44.6 Å². The lowest BCUT2D eigenvalue weighted by Crippen LogP contribution is -2.08. The Bertz CT molecular complexity index is 527. The lowest BCUT2D eigenvalue weighted by atomic mass is 10.2. The van der Waals surface area contributed by atoms with Crippen molar-refractivity contribution in [1.82, 2.24) is 4.98 Å². The van der Waals surface area contributed by atoms with E-state index in [4.69, 9.17) is 0 Å². The Morgan fingerprint density at radius 3 is 2.82 bits per heavy atom. The number of halogens is 2. The van der Waals surface area contributed by atoms with Gasteiger partial charge in [-0.2, -0.15) is 0 Å².